The molecule has 2 aromatic rings. The number of methoxy groups -OCH3 is 1. The molecular formula is C21H27F4N5O7S2. The van der Waals surface area contributed by atoms with Crippen LogP contribution < -0.4 is 10.0 Å². The van der Waals surface area contributed by atoms with E-state index in [-0.39, 0.29) is 44.3 Å². The normalized spacial score (nSPS) is 18.1. The number of alkyl halides is 4. The SMILES string of the molecule is COC1CN(S(=O)(=O)CCCF)CCN(S(=O)(=O)NC(=O)c2coc(Nc3cc(C(F)(F)F)ccc3C)n2)C1. The van der Waals surface area contributed by atoms with E-state index in [1.54, 1.807) is 0 Å². The van der Waals surface area contributed by atoms with Gasteiger partial charge in [0.05, 0.1) is 24.1 Å². The summed E-state index contributed by atoms with van der Waals surface area (Å²) >= 11 is 0. The molecule has 1 aliphatic rings. The van der Waals surface area contributed by atoms with Gasteiger partial charge in [0.25, 0.3) is 11.9 Å². The molecule has 1 unspecified atom stereocenters. The van der Waals surface area contributed by atoms with E-state index in [4.69, 9.17) is 9.15 Å². The number of benzene rings is 1. The molecule has 12 nitrogen and oxygen atoms in total. The Kier molecular flexibility index (Phi) is 9.58. The number of aromatic nitrogens is 1. The lowest BCUT2D eigenvalue weighted by Gasteiger charge is -2.23. The number of amides is 1. The van der Waals surface area contributed by atoms with Crippen molar-refractivity contribution in [2.45, 2.75) is 25.6 Å². The number of hydrogen-bond acceptors (Lipinski definition) is 9. The van der Waals surface area contributed by atoms with Crippen molar-refractivity contribution in [2.24, 2.45) is 0 Å². The number of sulfonamides is 1. The van der Waals surface area contributed by atoms with Gasteiger partial charge >= 0.3 is 16.4 Å². The molecule has 3 rings (SSSR count). The number of oxazole rings is 1. The third kappa shape index (κ3) is 7.87. The number of halogens is 4. The second-order valence-electron chi connectivity index (χ2n) is 8.56. The number of rotatable bonds is 10. The quantitative estimate of drug-likeness (QED) is 0.390. The first-order valence-corrected chi connectivity index (χ1v) is 14.5. The monoisotopic (exact) mass is 601 g/mol. The molecule has 1 atom stereocenters. The largest absolute Gasteiger partial charge is 0.431 e. The van der Waals surface area contributed by atoms with Crippen LogP contribution in [-0.4, -0.2) is 88.2 Å². The van der Waals surface area contributed by atoms with Crippen LogP contribution in [0.15, 0.2) is 28.9 Å². The Morgan fingerprint density at radius 1 is 1.18 bits per heavy atom. The molecule has 0 aliphatic carbocycles. The number of aryl methyl sites for hydroxylation is 1. The molecule has 2 N–H and O–H groups in total. The first kappa shape index (κ1) is 30.7. The van der Waals surface area contributed by atoms with Crippen molar-refractivity contribution in [3.63, 3.8) is 0 Å². The van der Waals surface area contributed by atoms with Gasteiger partial charge in [0.2, 0.25) is 10.0 Å². The topological polar surface area (TPSA) is 151 Å². The molecule has 218 valence electrons. The smallest absolute Gasteiger partial charge is 0.416 e. The van der Waals surface area contributed by atoms with E-state index in [1.165, 1.54) is 20.1 Å². The van der Waals surface area contributed by atoms with Crippen molar-refractivity contribution in [3.05, 3.63) is 41.3 Å². The summed E-state index contributed by atoms with van der Waals surface area (Å²) in [5.41, 5.74) is -0.983. The Hall–Kier alpha value is -2.80. The van der Waals surface area contributed by atoms with Gasteiger partial charge in [-0.05, 0) is 31.0 Å². The van der Waals surface area contributed by atoms with Crippen molar-refractivity contribution < 1.29 is 48.3 Å². The summed E-state index contributed by atoms with van der Waals surface area (Å²) in [6.07, 6.45) is -4.87. The fraction of sp³-hybridized carbons (Fsp3) is 0.524. The van der Waals surface area contributed by atoms with Crippen molar-refractivity contribution in [1.29, 1.82) is 0 Å². The summed E-state index contributed by atoms with van der Waals surface area (Å²) in [7, 11) is -7.12. The van der Waals surface area contributed by atoms with Gasteiger partial charge in [0.15, 0.2) is 5.69 Å². The number of carbonyl (C=O) groups is 1. The van der Waals surface area contributed by atoms with Crippen LogP contribution >= 0.6 is 0 Å². The Bertz CT molecular complexity index is 1380. The maximum Gasteiger partial charge on any atom is 0.416 e. The first-order valence-electron chi connectivity index (χ1n) is 11.5. The van der Waals surface area contributed by atoms with Gasteiger partial charge in [0, 0.05) is 39.0 Å². The van der Waals surface area contributed by atoms with Crippen LogP contribution in [0.25, 0.3) is 0 Å². The van der Waals surface area contributed by atoms with Gasteiger partial charge in [-0.15, -0.1) is 0 Å². The summed E-state index contributed by atoms with van der Waals surface area (Å²) in [5.74, 6) is -1.65. The van der Waals surface area contributed by atoms with E-state index in [2.05, 4.69) is 10.3 Å². The minimum Gasteiger partial charge on any atom is -0.431 e. The van der Waals surface area contributed by atoms with Crippen LogP contribution in [-0.2, 0) is 31.1 Å². The molecule has 2 heterocycles. The summed E-state index contributed by atoms with van der Waals surface area (Å²) < 4.78 is 116. The second-order valence-corrected chi connectivity index (χ2v) is 12.3. The van der Waals surface area contributed by atoms with Gasteiger partial charge in [0.1, 0.15) is 6.26 Å². The standard InChI is InChI=1S/C21H27F4N5O7S2/c1-14-4-5-15(21(23,24)25)10-17(14)26-20-27-18(13-37-20)19(31)28-39(34,35)30-8-7-29(11-16(12-30)36-2)38(32,33)9-3-6-22/h4-5,10,13,16H,3,6-9,11-12H2,1-2H3,(H,26,27)(H,28,31). The third-order valence-corrected chi connectivity index (χ3v) is 9.16. The lowest BCUT2D eigenvalue weighted by atomic mass is 10.1. The van der Waals surface area contributed by atoms with E-state index in [0.29, 0.717) is 5.56 Å². The summed E-state index contributed by atoms with van der Waals surface area (Å²) in [5, 5.41) is 2.52. The highest BCUT2D eigenvalue weighted by Gasteiger charge is 2.35. The van der Waals surface area contributed by atoms with Crippen molar-refractivity contribution >= 4 is 37.8 Å². The molecule has 1 aliphatic heterocycles. The van der Waals surface area contributed by atoms with Gasteiger partial charge < -0.3 is 14.5 Å². The van der Waals surface area contributed by atoms with E-state index in [9.17, 15) is 39.2 Å². The third-order valence-electron chi connectivity index (χ3n) is 5.78. The predicted molar refractivity (Wildman–Crippen MR) is 131 cm³/mol. The van der Waals surface area contributed by atoms with E-state index >= 15 is 0 Å². The van der Waals surface area contributed by atoms with E-state index in [1.807, 2.05) is 4.72 Å². The summed E-state index contributed by atoms with van der Waals surface area (Å²) in [4.78, 5) is 16.4. The molecule has 0 radical (unpaired) electrons. The summed E-state index contributed by atoms with van der Waals surface area (Å²) in [6.45, 7) is -0.317. The number of ether oxygens (including phenoxy) is 1. The molecule has 1 fully saturated rings. The highest BCUT2D eigenvalue weighted by Crippen LogP contribution is 2.33. The lowest BCUT2D eigenvalue weighted by Crippen LogP contribution is -2.47. The number of nitrogens with one attached hydrogen (secondary N) is 2. The van der Waals surface area contributed by atoms with Crippen molar-refractivity contribution in [2.75, 3.05) is 51.0 Å². The zero-order valence-electron chi connectivity index (χ0n) is 20.9. The molecule has 0 spiro atoms. The molecule has 1 aromatic heterocycles. The van der Waals surface area contributed by atoms with Crippen LogP contribution in [0.3, 0.4) is 0 Å². The highest BCUT2D eigenvalue weighted by molar-refractivity contribution is 7.89. The molecule has 18 heteroatoms. The Morgan fingerprint density at radius 3 is 2.49 bits per heavy atom. The fourth-order valence-corrected chi connectivity index (χ4v) is 6.26. The maximum absolute atomic E-state index is 13.0. The average Bonchev–Trinajstić information content (AvgIpc) is 3.19. The Balaban J connectivity index is 1.71. The van der Waals surface area contributed by atoms with Crippen LogP contribution in [0.1, 0.15) is 28.0 Å². The van der Waals surface area contributed by atoms with Gasteiger partial charge in [-0.1, -0.05) is 6.07 Å². The average molecular weight is 602 g/mol. The number of carbonyl (C=O) groups excluding carboxylic acids is 1. The van der Waals surface area contributed by atoms with Crippen molar-refractivity contribution in [1.82, 2.24) is 18.3 Å². The Morgan fingerprint density at radius 2 is 1.85 bits per heavy atom. The van der Waals surface area contributed by atoms with Crippen LogP contribution in [0.4, 0.5) is 29.3 Å². The zero-order valence-corrected chi connectivity index (χ0v) is 22.5. The molecule has 1 aromatic carbocycles. The minimum atomic E-state index is -4.59. The van der Waals surface area contributed by atoms with Crippen molar-refractivity contribution in [3.8, 4) is 0 Å². The lowest BCUT2D eigenvalue weighted by molar-refractivity contribution is -0.137. The molecule has 1 saturated heterocycles. The zero-order chi connectivity index (χ0) is 29.0. The van der Waals surface area contributed by atoms with Crippen LogP contribution in [0, 0.1) is 6.92 Å². The van der Waals surface area contributed by atoms with Gasteiger partial charge in [-0.2, -0.15) is 35.2 Å². The van der Waals surface area contributed by atoms with Gasteiger partial charge in [-0.25, -0.2) is 13.1 Å². The molecule has 39 heavy (non-hydrogen) atoms. The highest BCUT2D eigenvalue weighted by atomic mass is 32.2. The number of hydrogen-bond donors (Lipinski definition) is 2. The molecule has 1 amide bonds. The summed E-state index contributed by atoms with van der Waals surface area (Å²) in [6, 6.07) is 2.60. The fourth-order valence-electron chi connectivity index (χ4n) is 3.62. The van der Waals surface area contributed by atoms with Gasteiger partial charge in [-0.3, -0.25) is 9.18 Å². The molecule has 0 bridgehead atoms. The second kappa shape index (κ2) is 12.2. The maximum atomic E-state index is 13.0. The minimum absolute atomic E-state index is 0.00690. The predicted octanol–water partition coefficient (Wildman–Crippen LogP) is 2.04. The number of nitrogens with zero attached hydrogens (tertiary/aromatic N) is 3. The first-order chi connectivity index (χ1) is 18.2. The van der Waals surface area contributed by atoms with E-state index in [0.717, 1.165) is 27.0 Å². The van der Waals surface area contributed by atoms with Crippen LogP contribution in [0.5, 0.6) is 0 Å². The molecule has 0 saturated carbocycles. The van der Waals surface area contributed by atoms with Crippen LogP contribution in [0.2, 0.25) is 0 Å². The number of anilines is 2. The Labute approximate surface area is 222 Å². The molecular weight excluding hydrogens is 574 g/mol. The van der Waals surface area contributed by atoms with E-state index < -0.39 is 62.1 Å².